The Labute approximate surface area is 297 Å². The lowest BCUT2D eigenvalue weighted by Crippen LogP contribution is -2.39. The van der Waals surface area contributed by atoms with E-state index >= 15 is 0 Å². The fourth-order valence-corrected chi connectivity index (χ4v) is 8.52. The van der Waals surface area contributed by atoms with Crippen molar-refractivity contribution in [1.82, 2.24) is 0 Å². The summed E-state index contributed by atoms with van der Waals surface area (Å²) in [6.45, 7) is 23.3. The number of benzene rings is 5. The van der Waals surface area contributed by atoms with Gasteiger partial charge in [0.1, 0.15) is 0 Å². The molecule has 0 atom stereocenters. The third kappa shape index (κ3) is 6.76. The average molecular weight is 645 g/mol. The van der Waals surface area contributed by atoms with E-state index in [-0.39, 0.29) is 16.2 Å². The average Bonchev–Trinajstić information content (AvgIpc) is 3.13. The van der Waals surface area contributed by atoms with Crippen LogP contribution in [-0.2, 0) is 10.8 Å². The lowest BCUT2D eigenvalue weighted by molar-refractivity contribution is 0.201. The lowest BCUT2D eigenvalue weighted by atomic mass is 9.58. The number of rotatable bonds is 13. The molecule has 0 spiro atoms. The van der Waals surface area contributed by atoms with Crippen molar-refractivity contribution < 1.29 is 0 Å². The first-order valence-corrected chi connectivity index (χ1v) is 18.4. The minimum atomic E-state index is -0.143. The van der Waals surface area contributed by atoms with Crippen LogP contribution in [0.15, 0.2) is 140 Å². The number of hydrogen-bond acceptors (Lipinski definition) is 0. The van der Waals surface area contributed by atoms with Gasteiger partial charge in [0.05, 0.1) is 0 Å². The molecule has 0 saturated carbocycles. The molecule has 0 saturated heterocycles. The van der Waals surface area contributed by atoms with Crippen molar-refractivity contribution >= 4 is 5.57 Å². The van der Waals surface area contributed by atoms with Gasteiger partial charge in [-0.05, 0) is 95.0 Å². The lowest BCUT2D eigenvalue weighted by Gasteiger charge is -2.45. The van der Waals surface area contributed by atoms with Crippen molar-refractivity contribution in [3.63, 3.8) is 0 Å². The maximum atomic E-state index is 4.79. The molecule has 0 bridgehead atoms. The molecule has 0 unspecified atom stereocenters. The zero-order chi connectivity index (χ0) is 35.2. The second-order valence-electron chi connectivity index (χ2n) is 14.5. The molecule has 5 aromatic carbocycles. The molecular weight excluding hydrogens is 589 g/mol. The van der Waals surface area contributed by atoms with Crippen LogP contribution in [0.5, 0.6) is 0 Å². The van der Waals surface area contributed by atoms with Crippen LogP contribution < -0.4 is 0 Å². The first-order chi connectivity index (χ1) is 23.6. The smallest absolute Gasteiger partial charge is 0.0204 e. The summed E-state index contributed by atoms with van der Waals surface area (Å²) in [5.41, 5.74) is 13.7. The summed E-state index contributed by atoms with van der Waals surface area (Å²) in [5, 5.41) is 0. The summed E-state index contributed by atoms with van der Waals surface area (Å²) in [6, 6.07) is 45.2. The molecule has 0 aromatic heterocycles. The van der Waals surface area contributed by atoms with Crippen molar-refractivity contribution in [2.75, 3.05) is 0 Å². The van der Waals surface area contributed by atoms with Crippen LogP contribution in [0.4, 0.5) is 0 Å². The minimum Gasteiger partial charge on any atom is -0.0911 e. The summed E-state index contributed by atoms with van der Waals surface area (Å²) in [6.07, 6.45) is 8.87. The molecule has 0 aliphatic carbocycles. The fourth-order valence-electron chi connectivity index (χ4n) is 8.52. The maximum absolute atomic E-state index is 4.79. The molecule has 5 aromatic rings. The van der Waals surface area contributed by atoms with Crippen LogP contribution >= 0.6 is 0 Å². The molecule has 0 aliphatic heterocycles. The summed E-state index contributed by atoms with van der Waals surface area (Å²) in [7, 11) is 0. The minimum absolute atomic E-state index is 0.0132. The van der Waals surface area contributed by atoms with Gasteiger partial charge in [0.15, 0.2) is 0 Å². The van der Waals surface area contributed by atoms with Gasteiger partial charge in [-0.25, -0.2) is 0 Å². The van der Waals surface area contributed by atoms with E-state index in [1.165, 1.54) is 55.6 Å². The van der Waals surface area contributed by atoms with Crippen LogP contribution in [-0.4, -0.2) is 0 Å². The summed E-state index contributed by atoms with van der Waals surface area (Å²) < 4.78 is 0. The van der Waals surface area contributed by atoms with E-state index < -0.39 is 0 Å². The Balaban J connectivity index is 1.78. The number of hydrogen-bond donors (Lipinski definition) is 0. The van der Waals surface area contributed by atoms with E-state index in [9.17, 15) is 0 Å². The molecule has 0 fully saturated rings. The topological polar surface area (TPSA) is 0 Å². The highest BCUT2D eigenvalue weighted by Gasteiger charge is 2.42. The quantitative estimate of drug-likeness (QED) is 0.112. The zero-order valence-electron chi connectivity index (χ0n) is 31.2. The summed E-state index contributed by atoms with van der Waals surface area (Å²) in [4.78, 5) is 0. The predicted octanol–water partition coefficient (Wildman–Crippen LogP) is 14.1. The second kappa shape index (κ2) is 15.0. The van der Waals surface area contributed by atoms with Crippen molar-refractivity contribution in [2.24, 2.45) is 5.41 Å². The third-order valence-corrected chi connectivity index (χ3v) is 11.7. The molecule has 0 aliphatic rings. The van der Waals surface area contributed by atoms with Crippen molar-refractivity contribution in [2.45, 2.75) is 91.9 Å². The molecule has 0 amide bonds. The van der Waals surface area contributed by atoms with Gasteiger partial charge >= 0.3 is 0 Å². The number of allylic oxidation sites excluding steroid dienone is 3. The zero-order valence-corrected chi connectivity index (χ0v) is 31.2. The van der Waals surface area contributed by atoms with Gasteiger partial charge in [0, 0.05) is 10.8 Å². The molecular formula is C49H56. The third-order valence-electron chi connectivity index (χ3n) is 11.7. The van der Waals surface area contributed by atoms with Crippen LogP contribution in [0, 0.1) is 19.3 Å². The van der Waals surface area contributed by atoms with E-state index in [1.54, 1.807) is 0 Å². The Kier molecular flexibility index (Phi) is 11.0. The van der Waals surface area contributed by atoms with Crippen LogP contribution in [0.25, 0.3) is 27.8 Å². The summed E-state index contributed by atoms with van der Waals surface area (Å²) >= 11 is 0. The van der Waals surface area contributed by atoms with Crippen LogP contribution in [0.3, 0.4) is 0 Å². The number of aryl methyl sites for hydroxylation is 2. The molecule has 0 N–H and O–H groups in total. The highest BCUT2D eigenvalue weighted by molar-refractivity contribution is 5.96. The van der Waals surface area contributed by atoms with Gasteiger partial charge in [0.2, 0.25) is 0 Å². The monoisotopic (exact) mass is 644 g/mol. The molecule has 0 heteroatoms. The predicted molar refractivity (Wildman–Crippen MR) is 215 cm³/mol. The normalized spacial score (nSPS) is 12.4. The van der Waals surface area contributed by atoms with E-state index in [1.807, 2.05) is 0 Å². The highest BCUT2D eigenvalue weighted by Crippen LogP contribution is 2.51. The Morgan fingerprint density at radius 1 is 0.551 bits per heavy atom. The van der Waals surface area contributed by atoms with Gasteiger partial charge < -0.3 is 0 Å². The molecule has 0 heterocycles. The van der Waals surface area contributed by atoms with E-state index in [2.05, 4.69) is 189 Å². The molecule has 0 radical (unpaired) electrons. The van der Waals surface area contributed by atoms with Crippen molar-refractivity contribution in [3.8, 4) is 22.3 Å². The highest BCUT2D eigenvalue weighted by atomic mass is 14.5. The largest absolute Gasteiger partial charge is 0.0911 e. The van der Waals surface area contributed by atoms with Gasteiger partial charge in [-0.3, -0.25) is 0 Å². The first-order valence-electron chi connectivity index (χ1n) is 18.4. The van der Waals surface area contributed by atoms with Gasteiger partial charge in [-0.2, -0.15) is 0 Å². The van der Waals surface area contributed by atoms with Crippen LogP contribution in [0.2, 0.25) is 0 Å². The standard InChI is InChI=1S/C49H56/c1-10-48(11-2,41-20-16-14-17-21-41)44-33-32-43(38(7)34-35-47(8,9)49(12-3,13-4)42-22-18-15-19-23-42)45(39-28-24-36(5)25-29-39)46(44)40-30-26-37(6)27-31-40/h14-35H,7,10-13H2,1-6,8-9H3/b35-34-. The molecule has 252 valence electrons. The van der Waals surface area contributed by atoms with E-state index in [0.717, 1.165) is 31.3 Å². The Morgan fingerprint density at radius 3 is 1.49 bits per heavy atom. The Bertz CT molecular complexity index is 1860. The van der Waals surface area contributed by atoms with Crippen LogP contribution in [0.1, 0.15) is 101 Å². The Hall–Kier alpha value is -4.42. The fraction of sp³-hybridized carbons (Fsp3) is 0.306. The summed E-state index contributed by atoms with van der Waals surface area (Å²) in [5.74, 6) is 0. The van der Waals surface area contributed by atoms with Crippen molar-refractivity contribution in [3.05, 3.63) is 173 Å². The van der Waals surface area contributed by atoms with E-state index in [0.29, 0.717) is 0 Å². The second-order valence-corrected chi connectivity index (χ2v) is 14.5. The van der Waals surface area contributed by atoms with Gasteiger partial charge in [0.25, 0.3) is 0 Å². The van der Waals surface area contributed by atoms with E-state index in [4.69, 9.17) is 6.58 Å². The molecule has 0 nitrogen and oxygen atoms in total. The Morgan fingerprint density at radius 2 is 1.02 bits per heavy atom. The SMILES string of the molecule is C=C(/C=C\C(C)(C)C(CC)(CC)c1ccccc1)c1ccc(C(CC)(CC)c2ccccc2)c(-c2ccc(C)cc2)c1-c1ccc(C)cc1. The van der Waals surface area contributed by atoms with Crippen molar-refractivity contribution in [1.29, 1.82) is 0 Å². The van der Waals surface area contributed by atoms with Gasteiger partial charge in [-0.15, -0.1) is 0 Å². The van der Waals surface area contributed by atoms with Gasteiger partial charge in [-0.1, -0.05) is 193 Å². The first kappa shape index (κ1) is 35.9. The maximum Gasteiger partial charge on any atom is 0.0204 e. The molecule has 5 rings (SSSR count). The molecule has 49 heavy (non-hydrogen) atoms.